The van der Waals surface area contributed by atoms with E-state index in [1.807, 2.05) is 0 Å². The molecule has 1 heterocycles. The van der Waals surface area contributed by atoms with Crippen molar-refractivity contribution >= 4 is 12.3 Å². The van der Waals surface area contributed by atoms with Crippen LogP contribution in [0.3, 0.4) is 0 Å². The van der Waals surface area contributed by atoms with Crippen LogP contribution in [0, 0.1) is 0 Å². The summed E-state index contributed by atoms with van der Waals surface area (Å²) in [5, 5.41) is 4.08. The molecule has 0 radical (unpaired) electrons. The molecule has 0 aliphatic heterocycles. The van der Waals surface area contributed by atoms with Gasteiger partial charge in [0.2, 0.25) is 0 Å². The van der Waals surface area contributed by atoms with Gasteiger partial charge in [0.25, 0.3) is 0 Å². The monoisotopic (exact) mass is 274 g/mol. The first-order valence-electron chi connectivity index (χ1n) is 5.90. The zero-order chi connectivity index (χ0) is 14.5. The van der Waals surface area contributed by atoms with Gasteiger partial charge in [-0.3, -0.25) is 9.48 Å². The van der Waals surface area contributed by atoms with Crippen molar-refractivity contribution in [3.8, 4) is 5.75 Å². The van der Waals surface area contributed by atoms with Crippen molar-refractivity contribution in [3.63, 3.8) is 0 Å². The van der Waals surface area contributed by atoms with Gasteiger partial charge in [-0.05, 0) is 18.2 Å². The highest BCUT2D eigenvalue weighted by Gasteiger charge is 2.10. The number of hydrogen-bond donors (Lipinski definition) is 0. The van der Waals surface area contributed by atoms with E-state index in [4.69, 9.17) is 4.74 Å². The van der Waals surface area contributed by atoms with Crippen molar-refractivity contribution in [2.75, 3.05) is 14.2 Å². The molecule has 6 heteroatoms. The summed E-state index contributed by atoms with van der Waals surface area (Å²) in [7, 11) is 2.87. The van der Waals surface area contributed by atoms with Crippen LogP contribution in [0.25, 0.3) is 0 Å². The topological polar surface area (TPSA) is 70.4 Å². The van der Waals surface area contributed by atoms with E-state index in [-0.39, 0.29) is 0 Å². The number of methoxy groups -OCH3 is 2. The number of carbonyl (C=O) groups excluding carboxylic acids is 2. The maximum absolute atomic E-state index is 11.4. The average Bonchev–Trinajstić information content (AvgIpc) is 2.94. The van der Waals surface area contributed by atoms with Gasteiger partial charge in [0.15, 0.2) is 0 Å². The van der Waals surface area contributed by atoms with E-state index in [9.17, 15) is 9.59 Å². The lowest BCUT2D eigenvalue weighted by Gasteiger charge is -2.09. The fourth-order valence-electron chi connectivity index (χ4n) is 1.84. The van der Waals surface area contributed by atoms with Gasteiger partial charge in [-0.15, -0.1) is 0 Å². The molecule has 0 saturated heterocycles. The lowest BCUT2D eigenvalue weighted by atomic mass is 10.1. The van der Waals surface area contributed by atoms with Crippen LogP contribution in [0.5, 0.6) is 5.75 Å². The molecule has 0 aliphatic carbocycles. The maximum Gasteiger partial charge on any atom is 0.341 e. The fraction of sp³-hybridized carbons (Fsp3) is 0.214. The molecule has 0 N–H and O–H groups in total. The van der Waals surface area contributed by atoms with E-state index in [0.717, 1.165) is 11.8 Å². The molecule has 104 valence electrons. The number of hydrogen-bond acceptors (Lipinski definition) is 5. The first kappa shape index (κ1) is 13.8. The Bertz CT molecular complexity index is 634. The number of ether oxygens (including phenoxy) is 2. The van der Waals surface area contributed by atoms with E-state index in [0.29, 0.717) is 23.4 Å². The van der Waals surface area contributed by atoms with E-state index >= 15 is 0 Å². The Morgan fingerprint density at radius 1 is 1.40 bits per heavy atom. The number of carbonyl (C=O) groups is 2. The minimum atomic E-state index is -0.440. The molecule has 20 heavy (non-hydrogen) atoms. The Morgan fingerprint density at radius 2 is 2.20 bits per heavy atom. The molecule has 0 unspecified atom stereocenters. The molecule has 0 atom stereocenters. The molecular weight excluding hydrogens is 260 g/mol. The van der Waals surface area contributed by atoms with Crippen molar-refractivity contribution < 1.29 is 19.1 Å². The van der Waals surface area contributed by atoms with Crippen molar-refractivity contribution in [1.29, 1.82) is 0 Å². The number of aldehydes is 1. The second-order valence-electron chi connectivity index (χ2n) is 4.11. The Labute approximate surface area is 115 Å². The average molecular weight is 274 g/mol. The van der Waals surface area contributed by atoms with Crippen molar-refractivity contribution in [3.05, 3.63) is 47.3 Å². The highest BCUT2D eigenvalue weighted by atomic mass is 16.5. The number of nitrogens with zero attached hydrogens (tertiary/aromatic N) is 2. The molecule has 0 aliphatic rings. The highest BCUT2D eigenvalue weighted by Crippen LogP contribution is 2.20. The molecule has 1 aromatic carbocycles. The second kappa shape index (κ2) is 6.01. The van der Waals surface area contributed by atoms with E-state index in [1.165, 1.54) is 13.3 Å². The van der Waals surface area contributed by atoms with Gasteiger partial charge in [-0.1, -0.05) is 0 Å². The van der Waals surface area contributed by atoms with Crippen LogP contribution in [0.4, 0.5) is 0 Å². The number of benzene rings is 1. The summed E-state index contributed by atoms with van der Waals surface area (Å²) in [4.78, 5) is 22.2. The van der Waals surface area contributed by atoms with Gasteiger partial charge >= 0.3 is 5.97 Å². The van der Waals surface area contributed by atoms with Crippen LogP contribution in [-0.2, 0) is 11.3 Å². The molecule has 0 fully saturated rings. The summed E-state index contributed by atoms with van der Waals surface area (Å²) in [5.41, 5.74) is 1.73. The van der Waals surface area contributed by atoms with Crippen LogP contribution in [0.2, 0.25) is 0 Å². The number of esters is 1. The molecule has 6 nitrogen and oxygen atoms in total. The van der Waals surface area contributed by atoms with Gasteiger partial charge in [0.1, 0.15) is 12.0 Å². The van der Waals surface area contributed by atoms with E-state index in [2.05, 4.69) is 9.84 Å². The van der Waals surface area contributed by atoms with Gasteiger partial charge in [0, 0.05) is 17.3 Å². The summed E-state index contributed by atoms with van der Waals surface area (Å²) in [6.07, 6.45) is 3.78. The second-order valence-corrected chi connectivity index (χ2v) is 4.11. The third kappa shape index (κ3) is 2.85. The van der Waals surface area contributed by atoms with E-state index < -0.39 is 5.97 Å². The minimum Gasteiger partial charge on any atom is -0.496 e. The standard InChI is InChI=1S/C14H14N2O4/c1-19-13-4-3-10(9-17)5-11(13)7-16-8-12(6-15-16)14(18)20-2/h3-6,8-9H,7H2,1-2H3. The van der Waals surface area contributed by atoms with Crippen LogP contribution >= 0.6 is 0 Å². The molecule has 1 aromatic heterocycles. The third-order valence-electron chi connectivity index (χ3n) is 2.83. The van der Waals surface area contributed by atoms with Crippen molar-refractivity contribution in [1.82, 2.24) is 9.78 Å². The van der Waals surface area contributed by atoms with Crippen LogP contribution in [0.15, 0.2) is 30.6 Å². The van der Waals surface area contributed by atoms with Gasteiger partial charge < -0.3 is 9.47 Å². The van der Waals surface area contributed by atoms with Crippen LogP contribution < -0.4 is 4.74 Å². The predicted octanol–water partition coefficient (Wildman–Crippen LogP) is 1.54. The van der Waals surface area contributed by atoms with Crippen molar-refractivity contribution in [2.45, 2.75) is 6.54 Å². The lowest BCUT2D eigenvalue weighted by Crippen LogP contribution is -2.04. The summed E-state index contributed by atoms with van der Waals surface area (Å²) in [5.74, 6) is 0.218. The van der Waals surface area contributed by atoms with Gasteiger partial charge in [-0.2, -0.15) is 5.10 Å². The first-order valence-corrected chi connectivity index (χ1v) is 5.90. The minimum absolute atomic E-state index is 0.373. The predicted molar refractivity (Wildman–Crippen MR) is 71.1 cm³/mol. The smallest absolute Gasteiger partial charge is 0.341 e. The highest BCUT2D eigenvalue weighted by molar-refractivity contribution is 5.88. The Kier molecular flexibility index (Phi) is 4.14. The Balaban J connectivity index is 2.26. The molecule has 0 saturated carbocycles. The largest absolute Gasteiger partial charge is 0.496 e. The zero-order valence-corrected chi connectivity index (χ0v) is 11.2. The molecule has 2 rings (SSSR count). The molecular formula is C14H14N2O4. The molecule has 0 spiro atoms. The molecule has 2 aromatic rings. The lowest BCUT2D eigenvalue weighted by molar-refractivity contribution is 0.0600. The summed E-state index contributed by atoms with van der Waals surface area (Å²) < 4.78 is 11.4. The Morgan fingerprint density at radius 3 is 2.85 bits per heavy atom. The normalized spacial score (nSPS) is 10.1. The summed E-state index contributed by atoms with van der Waals surface area (Å²) in [6, 6.07) is 5.13. The Hall–Kier alpha value is -2.63. The summed E-state index contributed by atoms with van der Waals surface area (Å²) in [6.45, 7) is 0.391. The maximum atomic E-state index is 11.4. The SMILES string of the molecule is COC(=O)c1cnn(Cc2cc(C=O)ccc2OC)c1. The van der Waals surface area contributed by atoms with Crippen molar-refractivity contribution in [2.24, 2.45) is 0 Å². The molecule has 0 bridgehead atoms. The quantitative estimate of drug-likeness (QED) is 0.611. The fourth-order valence-corrected chi connectivity index (χ4v) is 1.84. The van der Waals surface area contributed by atoms with Crippen LogP contribution in [-0.4, -0.2) is 36.3 Å². The number of aromatic nitrogens is 2. The van der Waals surface area contributed by atoms with Gasteiger partial charge in [-0.25, -0.2) is 4.79 Å². The zero-order valence-electron chi connectivity index (χ0n) is 11.2. The third-order valence-corrected chi connectivity index (χ3v) is 2.83. The van der Waals surface area contributed by atoms with Gasteiger partial charge in [0.05, 0.1) is 32.5 Å². The number of rotatable bonds is 5. The summed E-state index contributed by atoms with van der Waals surface area (Å²) >= 11 is 0. The molecule has 0 amide bonds. The van der Waals surface area contributed by atoms with Crippen LogP contribution in [0.1, 0.15) is 26.3 Å². The van der Waals surface area contributed by atoms with E-state index in [1.54, 1.807) is 36.2 Å². The first-order chi connectivity index (χ1) is 9.67.